The molecule has 118 valence electrons. The summed E-state index contributed by atoms with van der Waals surface area (Å²) in [5.74, 6) is 0. The molecule has 0 atom stereocenters. The first-order valence-electron chi connectivity index (χ1n) is 8.03. The van der Waals surface area contributed by atoms with Crippen molar-refractivity contribution in [3.8, 4) is 0 Å². The van der Waals surface area contributed by atoms with Gasteiger partial charge in [0.15, 0.2) is 5.11 Å². The third-order valence-corrected chi connectivity index (χ3v) is 3.92. The fraction of sp³-hybridized carbons (Fsp3) is 0.588. The van der Waals surface area contributed by atoms with Crippen molar-refractivity contribution in [1.82, 2.24) is 5.32 Å². The lowest BCUT2D eigenvalue weighted by atomic mass is 10.1. The predicted molar refractivity (Wildman–Crippen MR) is 98.3 cm³/mol. The van der Waals surface area contributed by atoms with E-state index in [1.165, 1.54) is 51.4 Å². The maximum absolute atomic E-state index is 5.84. The highest BCUT2D eigenvalue weighted by Crippen LogP contribution is 2.13. The van der Waals surface area contributed by atoms with E-state index in [-0.39, 0.29) is 0 Å². The van der Waals surface area contributed by atoms with Crippen molar-refractivity contribution < 1.29 is 0 Å². The first-order valence-corrected chi connectivity index (χ1v) is 8.81. The minimum Gasteiger partial charge on any atom is -0.362 e. The van der Waals surface area contributed by atoms with E-state index >= 15 is 0 Å². The van der Waals surface area contributed by atoms with Crippen molar-refractivity contribution in [3.63, 3.8) is 0 Å². The summed E-state index contributed by atoms with van der Waals surface area (Å²) in [5, 5.41) is 7.82. The molecule has 0 heterocycles. The SMILES string of the molecule is CCCCCCCCCCNC(=S)Nc1ccc(Cl)cc1. The quantitative estimate of drug-likeness (QED) is 0.422. The Morgan fingerprint density at radius 2 is 1.52 bits per heavy atom. The summed E-state index contributed by atoms with van der Waals surface area (Å²) in [7, 11) is 0. The van der Waals surface area contributed by atoms with Gasteiger partial charge in [-0.2, -0.15) is 0 Å². The molecule has 1 rings (SSSR count). The molecule has 0 aliphatic heterocycles. The summed E-state index contributed by atoms with van der Waals surface area (Å²) in [4.78, 5) is 0. The summed E-state index contributed by atoms with van der Waals surface area (Å²) in [6.07, 6.45) is 10.6. The Balaban J connectivity index is 1.97. The van der Waals surface area contributed by atoms with E-state index in [9.17, 15) is 0 Å². The number of rotatable bonds is 10. The molecule has 21 heavy (non-hydrogen) atoms. The molecule has 0 aliphatic carbocycles. The number of hydrogen-bond donors (Lipinski definition) is 2. The molecule has 0 saturated carbocycles. The molecular formula is C17H27ClN2S. The molecule has 0 fully saturated rings. The first kappa shape index (κ1) is 18.2. The lowest BCUT2D eigenvalue weighted by Gasteiger charge is -2.10. The lowest BCUT2D eigenvalue weighted by molar-refractivity contribution is 0.573. The van der Waals surface area contributed by atoms with Crippen LogP contribution < -0.4 is 10.6 Å². The second kappa shape index (κ2) is 11.8. The molecule has 2 N–H and O–H groups in total. The van der Waals surface area contributed by atoms with Crippen LogP contribution in [-0.4, -0.2) is 11.7 Å². The maximum atomic E-state index is 5.84. The Morgan fingerprint density at radius 3 is 2.14 bits per heavy atom. The highest BCUT2D eigenvalue weighted by atomic mass is 35.5. The van der Waals surface area contributed by atoms with Gasteiger partial charge in [-0.15, -0.1) is 0 Å². The molecule has 0 radical (unpaired) electrons. The van der Waals surface area contributed by atoms with E-state index in [2.05, 4.69) is 17.6 Å². The van der Waals surface area contributed by atoms with Gasteiger partial charge in [0.05, 0.1) is 0 Å². The number of halogens is 1. The van der Waals surface area contributed by atoms with Crippen LogP contribution >= 0.6 is 23.8 Å². The van der Waals surface area contributed by atoms with Gasteiger partial charge in [0.25, 0.3) is 0 Å². The number of thiocarbonyl (C=S) groups is 1. The van der Waals surface area contributed by atoms with Gasteiger partial charge in [-0.3, -0.25) is 0 Å². The van der Waals surface area contributed by atoms with E-state index in [0.29, 0.717) is 5.11 Å². The van der Waals surface area contributed by atoms with Crippen LogP contribution in [0.5, 0.6) is 0 Å². The van der Waals surface area contributed by atoms with Gasteiger partial charge in [-0.05, 0) is 42.9 Å². The van der Waals surface area contributed by atoms with Crippen molar-refractivity contribution in [1.29, 1.82) is 0 Å². The highest BCUT2D eigenvalue weighted by molar-refractivity contribution is 7.80. The van der Waals surface area contributed by atoms with Gasteiger partial charge < -0.3 is 10.6 Å². The molecule has 2 nitrogen and oxygen atoms in total. The molecule has 0 bridgehead atoms. The fourth-order valence-corrected chi connectivity index (χ4v) is 2.52. The monoisotopic (exact) mass is 326 g/mol. The Labute approximate surface area is 139 Å². The van der Waals surface area contributed by atoms with Gasteiger partial charge in [0.2, 0.25) is 0 Å². The molecule has 4 heteroatoms. The molecular weight excluding hydrogens is 300 g/mol. The summed E-state index contributed by atoms with van der Waals surface area (Å²) in [6, 6.07) is 7.55. The zero-order chi connectivity index (χ0) is 15.3. The number of anilines is 1. The third kappa shape index (κ3) is 9.70. The van der Waals surface area contributed by atoms with Gasteiger partial charge >= 0.3 is 0 Å². The smallest absolute Gasteiger partial charge is 0.170 e. The molecule has 1 aromatic rings. The molecule has 0 unspecified atom stereocenters. The Kier molecular flexibility index (Phi) is 10.3. The van der Waals surface area contributed by atoms with Crippen LogP contribution in [0.2, 0.25) is 5.02 Å². The Hall–Kier alpha value is -0.800. The Bertz CT molecular complexity index is 392. The molecule has 1 aromatic carbocycles. The average molecular weight is 327 g/mol. The van der Waals surface area contributed by atoms with Crippen LogP contribution in [0.3, 0.4) is 0 Å². The van der Waals surface area contributed by atoms with Gasteiger partial charge in [0, 0.05) is 17.3 Å². The number of hydrogen-bond acceptors (Lipinski definition) is 1. The van der Waals surface area contributed by atoms with Crippen LogP contribution in [0, 0.1) is 0 Å². The van der Waals surface area contributed by atoms with E-state index in [1.54, 1.807) is 0 Å². The van der Waals surface area contributed by atoms with Crippen LogP contribution in [0.1, 0.15) is 58.3 Å². The van der Waals surface area contributed by atoms with E-state index < -0.39 is 0 Å². The number of nitrogens with one attached hydrogen (secondary N) is 2. The molecule has 0 saturated heterocycles. The molecule has 0 aromatic heterocycles. The maximum Gasteiger partial charge on any atom is 0.170 e. The van der Waals surface area contributed by atoms with Crippen molar-refractivity contribution in [2.75, 3.05) is 11.9 Å². The van der Waals surface area contributed by atoms with Crippen LogP contribution in [0.4, 0.5) is 5.69 Å². The molecule has 0 spiro atoms. The molecule has 0 amide bonds. The topological polar surface area (TPSA) is 24.1 Å². The van der Waals surface area contributed by atoms with Gasteiger partial charge in [0.1, 0.15) is 0 Å². The van der Waals surface area contributed by atoms with Crippen molar-refractivity contribution >= 4 is 34.6 Å². The predicted octanol–water partition coefficient (Wildman–Crippen LogP) is 5.77. The summed E-state index contributed by atoms with van der Waals surface area (Å²) in [5.41, 5.74) is 0.966. The summed E-state index contributed by atoms with van der Waals surface area (Å²) >= 11 is 11.1. The Morgan fingerprint density at radius 1 is 0.952 bits per heavy atom. The third-order valence-electron chi connectivity index (χ3n) is 3.42. The number of unbranched alkanes of at least 4 members (excludes halogenated alkanes) is 7. The van der Waals surface area contributed by atoms with Crippen LogP contribution in [-0.2, 0) is 0 Å². The average Bonchev–Trinajstić information content (AvgIpc) is 2.48. The van der Waals surface area contributed by atoms with Gasteiger partial charge in [-0.25, -0.2) is 0 Å². The second-order valence-corrected chi connectivity index (χ2v) is 6.21. The van der Waals surface area contributed by atoms with Crippen LogP contribution in [0.25, 0.3) is 0 Å². The second-order valence-electron chi connectivity index (χ2n) is 5.36. The minimum atomic E-state index is 0.681. The molecule has 0 aliphatic rings. The largest absolute Gasteiger partial charge is 0.362 e. The van der Waals surface area contributed by atoms with Crippen molar-refractivity contribution in [2.45, 2.75) is 58.3 Å². The van der Waals surface area contributed by atoms with Crippen LogP contribution in [0.15, 0.2) is 24.3 Å². The van der Waals surface area contributed by atoms with Crippen molar-refractivity contribution in [2.24, 2.45) is 0 Å². The van der Waals surface area contributed by atoms with E-state index in [1.807, 2.05) is 24.3 Å². The minimum absolute atomic E-state index is 0.681. The highest BCUT2D eigenvalue weighted by Gasteiger charge is 1.97. The first-order chi connectivity index (χ1) is 10.2. The normalized spacial score (nSPS) is 10.4. The zero-order valence-corrected chi connectivity index (χ0v) is 14.5. The van der Waals surface area contributed by atoms with E-state index in [0.717, 1.165) is 17.3 Å². The summed E-state index contributed by atoms with van der Waals surface area (Å²) in [6.45, 7) is 3.20. The van der Waals surface area contributed by atoms with Crippen molar-refractivity contribution in [3.05, 3.63) is 29.3 Å². The standard InChI is InChI=1S/C17H27ClN2S/c1-2-3-4-5-6-7-8-9-14-19-17(21)20-16-12-10-15(18)11-13-16/h10-13H,2-9,14H2,1H3,(H2,19,20,21). The fourth-order valence-electron chi connectivity index (χ4n) is 2.17. The summed E-state index contributed by atoms with van der Waals surface area (Å²) < 4.78 is 0. The zero-order valence-electron chi connectivity index (χ0n) is 13.0. The van der Waals surface area contributed by atoms with E-state index in [4.69, 9.17) is 23.8 Å². The lowest BCUT2D eigenvalue weighted by Crippen LogP contribution is -2.29. The van der Waals surface area contributed by atoms with Gasteiger partial charge in [-0.1, -0.05) is 63.5 Å². The number of benzene rings is 1.